The van der Waals surface area contributed by atoms with Gasteiger partial charge in [-0.05, 0) is 38.1 Å². The van der Waals surface area contributed by atoms with Crippen LogP contribution in [0.2, 0.25) is 0 Å². The second-order valence-electron chi connectivity index (χ2n) is 6.97. The van der Waals surface area contributed by atoms with Crippen LogP contribution in [-0.4, -0.2) is 36.5 Å². The Morgan fingerprint density at radius 2 is 1.59 bits per heavy atom. The van der Waals surface area contributed by atoms with Crippen LogP contribution in [-0.2, 0) is 4.79 Å². The van der Waals surface area contributed by atoms with Gasteiger partial charge in [0.05, 0.1) is 0 Å². The number of halogens is 1. The monoisotopic (exact) mass is 385 g/mol. The molecule has 0 radical (unpaired) electrons. The predicted molar refractivity (Wildman–Crippen MR) is 108 cm³/mol. The first-order valence-corrected chi connectivity index (χ1v) is 9.15. The Labute approximate surface area is 165 Å². The number of carbonyl (C=O) groups is 2. The average Bonchev–Trinajstić information content (AvgIpc) is 2.94. The highest BCUT2D eigenvalue weighted by molar-refractivity contribution is 5.99. The largest absolute Gasteiger partial charge is 0.336 e. The number of nitrogens with zero attached hydrogens (tertiary/aromatic N) is 1. The number of benzene rings is 2. The van der Waals surface area contributed by atoms with Gasteiger partial charge in [0, 0.05) is 17.7 Å². The SMILES string of the molecule is Cl.O=C(CC1NC(=O)C2(CCNCC2)N1c1ccccc1)c1ccccc1. The molecule has 0 bridgehead atoms. The van der Waals surface area contributed by atoms with Crippen molar-refractivity contribution in [2.24, 2.45) is 0 Å². The minimum absolute atomic E-state index is 0. The molecule has 2 aromatic rings. The van der Waals surface area contributed by atoms with Crippen molar-refractivity contribution in [3.8, 4) is 0 Å². The number of nitrogens with one attached hydrogen (secondary N) is 2. The molecule has 0 aliphatic carbocycles. The average molecular weight is 386 g/mol. The van der Waals surface area contributed by atoms with Crippen LogP contribution in [0.1, 0.15) is 29.6 Å². The molecule has 4 rings (SSSR count). The van der Waals surface area contributed by atoms with E-state index in [-0.39, 0.29) is 36.7 Å². The number of Topliss-reactive ketones (excluding diaryl/α,β-unsaturated/α-hetero) is 1. The van der Waals surface area contributed by atoms with Crippen molar-refractivity contribution >= 4 is 29.8 Å². The minimum atomic E-state index is -0.575. The van der Waals surface area contributed by atoms with E-state index in [9.17, 15) is 9.59 Å². The van der Waals surface area contributed by atoms with Crippen LogP contribution in [0.4, 0.5) is 5.69 Å². The van der Waals surface area contributed by atoms with Gasteiger partial charge in [0.15, 0.2) is 5.78 Å². The fourth-order valence-electron chi connectivity index (χ4n) is 4.14. The van der Waals surface area contributed by atoms with E-state index in [1.807, 2.05) is 60.7 Å². The summed E-state index contributed by atoms with van der Waals surface area (Å²) in [7, 11) is 0. The molecule has 2 N–H and O–H groups in total. The molecule has 1 atom stereocenters. The fourth-order valence-corrected chi connectivity index (χ4v) is 4.14. The Balaban J connectivity index is 0.00000210. The van der Waals surface area contributed by atoms with Gasteiger partial charge in [-0.25, -0.2) is 0 Å². The Kier molecular flexibility index (Phi) is 5.82. The lowest BCUT2D eigenvalue weighted by Gasteiger charge is -2.42. The van der Waals surface area contributed by atoms with E-state index in [2.05, 4.69) is 15.5 Å². The summed E-state index contributed by atoms with van der Waals surface area (Å²) in [4.78, 5) is 27.9. The van der Waals surface area contributed by atoms with E-state index >= 15 is 0 Å². The van der Waals surface area contributed by atoms with Gasteiger partial charge in [0.1, 0.15) is 11.7 Å². The standard InChI is InChI=1S/C21H23N3O2.ClH/c25-18(16-7-3-1-4-8-16)15-19-23-20(26)21(11-13-22-14-12-21)24(19)17-9-5-2-6-10-17;/h1-10,19,22H,11-15H2,(H,23,26);1H. The summed E-state index contributed by atoms with van der Waals surface area (Å²) in [6.07, 6.45) is 1.42. The Morgan fingerprint density at radius 1 is 1.00 bits per heavy atom. The van der Waals surface area contributed by atoms with E-state index in [0.29, 0.717) is 5.56 Å². The van der Waals surface area contributed by atoms with Crippen molar-refractivity contribution in [3.05, 3.63) is 66.2 Å². The number of ketones is 1. The Hall–Kier alpha value is -2.37. The Morgan fingerprint density at radius 3 is 2.22 bits per heavy atom. The van der Waals surface area contributed by atoms with Crippen LogP contribution in [0, 0.1) is 0 Å². The maximum Gasteiger partial charge on any atom is 0.247 e. The van der Waals surface area contributed by atoms with E-state index in [1.54, 1.807) is 0 Å². The smallest absolute Gasteiger partial charge is 0.247 e. The molecule has 27 heavy (non-hydrogen) atoms. The molecular formula is C21H24ClN3O2. The van der Waals surface area contributed by atoms with Crippen LogP contribution in [0.25, 0.3) is 0 Å². The molecule has 0 aromatic heterocycles. The van der Waals surface area contributed by atoms with Gasteiger partial charge in [-0.3, -0.25) is 9.59 Å². The predicted octanol–water partition coefficient (Wildman–Crippen LogP) is 2.77. The van der Waals surface area contributed by atoms with Crippen LogP contribution in [0.3, 0.4) is 0 Å². The summed E-state index contributed by atoms with van der Waals surface area (Å²) in [6, 6.07) is 19.2. The van der Waals surface area contributed by atoms with Crippen molar-refractivity contribution in [2.45, 2.75) is 31.0 Å². The number of anilines is 1. The highest BCUT2D eigenvalue weighted by atomic mass is 35.5. The molecular weight excluding hydrogens is 362 g/mol. The molecule has 0 saturated carbocycles. The molecule has 2 heterocycles. The Bertz CT molecular complexity index is 792. The van der Waals surface area contributed by atoms with Crippen molar-refractivity contribution in [1.82, 2.24) is 10.6 Å². The number of amides is 1. The highest BCUT2D eigenvalue weighted by Gasteiger charge is 2.53. The third-order valence-electron chi connectivity index (χ3n) is 5.43. The first-order chi connectivity index (χ1) is 12.7. The number of hydrogen-bond acceptors (Lipinski definition) is 4. The summed E-state index contributed by atoms with van der Waals surface area (Å²) < 4.78 is 0. The second kappa shape index (κ2) is 8.11. The summed E-state index contributed by atoms with van der Waals surface area (Å²) in [5, 5.41) is 6.44. The molecule has 6 heteroatoms. The summed E-state index contributed by atoms with van der Waals surface area (Å²) >= 11 is 0. The number of piperidine rings is 1. The lowest BCUT2D eigenvalue weighted by atomic mass is 9.86. The molecule has 1 spiro atoms. The van der Waals surface area contributed by atoms with E-state index in [4.69, 9.17) is 0 Å². The lowest BCUT2D eigenvalue weighted by Crippen LogP contribution is -2.56. The van der Waals surface area contributed by atoms with Crippen molar-refractivity contribution < 1.29 is 9.59 Å². The quantitative estimate of drug-likeness (QED) is 0.794. The van der Waals surface area contributed by atoms with Crippen LogP contribution in [0.5, 0.6) is 0 Å². The summed E-state index contributed by atoms with van der Waals surface area (Å²) in [5.41, 5.74) is 1.09. The van der Waals surface area contributed by atoms with E-state index < -0.39 is 5.54 Å². The maximum absolute atomic E-state index is 13.0. The molecule has 2 aliphatic heterocycles. The minimum Gasteiger partial charge on any atom is -0.336 e. The van der Waals surface area contributed by atoms with Crippen molar-refractivity contribution in [1.29, 1.82) is 0 Å². The number of para-hydroxylation sites is 1. The van der Waals surface area contributed by atoms with Gasteiger partial charge >= 0.3 is 0 Å². The maximum atomic E-state index is 13.0. The number of carbonyl (C=O) groups excluding carboxylic acids is 2. The van der Waals surface area contributed by atoms with Crippen molar-refractivity contribution in [2.75, 3.05) is 18.0 Å². The molecule has 1 unspecified atom stereocenters. The molecule has 1 amide bonds. The number of rotatable bonds is 4. The summed E-state index contributed by atoms with van der Waals surface area (Å²) in [5.74, 6) is 0.0801. The zero-order valence-corrected chi connectivity index (χ0v) is 15.9. The zero-order chi connectivity index (χ0) is 18.0. The first kappa shape index (κ1) is 19.4. The van der Waals surface area contributed by atoms with Crippen molar-refractivity contribution in [3.63, 3.8) is 0 Å². The van der Waals surface area contributed by atoms with Gasteiger partial charge in [0.2, 0.25) is 5.91 Å². The number of hydrogen-bond donors (Lipinski definition) is 2. The van der Waals surface area contributed by atoms with Gasteiger partial charge in [-0.1, -0.05) is 48.5 Å². The molecule has 5 nitrogen and oxygen atoms in total. The summed E-state index contributed by atoms with van der Waals surface area (Å²) in [6.45, 7) is 1.60. The van der Waals surface area contributed by atoms with Gasteiger partial charge in [-0.2, -0.15) is 0 Å². The molecule has 2 fully saturated rings. The highest BCUT2D eigenvalue weighted by Crippen LogP contribution is 2.38. The fraction of sp³-hybridized carbons (Fsp3) is 0.333. The normalized spacial score (nSPS) is 20.8. The lowest BCUT2D eigenvalue weighted by molar-refractivity contribution is -0.124. The molecule has 142 valence electrons. The van der Waals surface area contributed by atoms with Gasteiger partial charge in [0.25, 0.3) is 0 Å². The van der Waals surface area contributed by atoms with E-state index in [0.717, 1.165) is 31.6 Å². The molecule has 2 saturated heterocycles. The third kappa shape index (κ3) is 3.57. The molecule has 2 aliphatic rings. The van der Waals surface area contributed by atoms with Crippen LogP contribution in [0.15, 0.2) is 60.7 Å². The van der Waals surface area contributed by atoms with Gasteiger partial charge in [-0.15, -0.1) is 12.4 Å². The van der Waals surface area contributed by atoms with Crippen LogP contribution < -0.4 is 15.5 Å². The van der Waals surface area contributed by atoms with Crippen LogP contribution >= 0.6 is 12.4 Å². The van der Waals surface area contributed by atoms with E-state index in [1.165, 1.54) is 0 Å². The third-order valence-corrected chi connectivity index (χ3v) is 5.43. The topological polar surface area (TPSA) is 61.4 Å². The molecule has 2 aromatic carbocycles. The first-order valence-electron chi connectivity index (χ1n) is 9.15. The second-order valence-corrected chi connectivity index (χ2v) is 6.97. The zero-order valence-electron chi connectivity index (χ0n) is 15.1. The van der Waals surface area contributed by atoms with Gasteiger partial charge < -0.3 is 15.5 Å².